The molecular formula is C17H18N6O2. The van der Waals surface area contributed by atoms with Gasteiger partial charge < -0.3 is 15.9 Å². The zero-order valence-electron chi connectivity index (χ0n) is 13.9. The van der Waals surface area contributed by atoms with Crippen LogP contribution in [-0.4, -0.2) is 24.2 Å². The van der Waals surface area contributed by atoms with Crippen LogP contribution in [0, 0.1) is 30.6 Å². The number of nitriles is 2. The smallest absolute Gasteiger partial charge is 0.255 e. The van der Waals surface area contributed by atoms with Crippen LogP contribution in [-0.2, 0) is 0 Å². The van der Waals surface area contributed by atoms with Crippen molar-refractivity contribution in [3.8, 4) is 18.9 Å². The van der Waals surface area contributed by atoms with Gasteiger partial charge >= 0.3 is 0 Å². The molecule has 8 heteroatoms. The van der Waals surface area contributed by atoms with Gasteiger partial charge in [-0.05, 0) is 37.3 Å². The number of carbonyl (C=O) groups excluding carboxylic acids is 1. The number of carbonyl (C=O) groups is 1. The molecule has 0 aliphatic heterocycles. The maximum Gasteiger partial charge on any atom is 0.255 e. The standard InChI is InChI=1S/C15H16N4O2.2CHN/c1-10-3-6-13(9-17-10)19-15(20)11-4-5-12(8-18-16)14(7-11)21-2;2*1-2/h3-9H,16H2,1-2H3,(H,19,20);2*1H. The highest BCUT2D eigenvalue weighted by molar-refractivity contribution is 6.05. The minimum absolute atomic E-state index is 0.241. The fourth-order valence-electron chi connectivity index (χ4n) is 1.78. The van der Waals surface area contributed by atoms with Crippen LogP contribution in [0.3, 0.4) is 0 Å². The van der Waals surface area contributed by atoms with E-state index in [1.807, 2.05) is 13.0 Å². The van der Waals surface area contributed by atoms with Gasteiger partial charge in [0.1, 0.15) is 5.75 Å². The summed E-state index contributed by atoms with van der Waals surface area (Å²) in [4.78, 5) is 16.3. The normalized spacial score (nSPS) is 9.04. The molecule has 0 radical (unpaired) electrons. The van der Waals surface area contributed by atoms with E-state index in [2.05, 4.69) is 28.5 Å². The molecule has 8 nitrogen and oxygen atoms in total. The van der Waals surface area contributed by atoms with Gasteiger partial charge in [-0.3, -0.25) is 9.78 Å². The van der Waals surface area contributed by atoms with Crippen molar-refractivity contribution in [2.24, 2.45) is 10.9 Å². The Morgan fingerprint density at radius 2 is 1.96 bits per heavy atom. The third kappa shape index (κ3) is 6.38. The predicted molar refractivity (Wildman–Crippen MR) is 95.0 cm³/mol. The molecule has 0 aliphatic rings. The van der Waals surface area contributed by atoms with Crippen LogP contribution in [0.5, 0.6) is 5.75 Å². The summed E-state index contributed by atoms with van der Waals surface area (Å²) in [6.45, 7) is 8.88. The molecule has 0 bridgehead atoms. The van der Waals surface area contributed by atoms with E-state index >= 15 is 0 Å². The summed E-state index contributed by atoms with van der Waals surface area (Å²) < 4.78 is 5.22. The van der Waals surface area contributed by atoms with Gasteiger partial charge in [0.15, 0.2) is 0 Å². The highest BCUT2D eigenvalue weighted by atomic mass is 16.5. The lowest BCUT2D eigenvalue weighted by atomic mass is 10.1. The number of hydrogen-bond donors (Lipinski definition) is 2. The first-order valence-electron chi connectivity index (χ1n) is 6.81. The third-order valence-corrected chi connectivity index (χ3v) is 2.88. The van der Waals surface area contributed by atoms with Crippen molar-refractivity contribution < 1.29 is 9.53 Å². The molecule has 25 heavy (non-hydrogen) atoms. The molecule has 1 heterocycles. The van der Waals surface area contributed by atoms with Crippen LogP contribution in [0.25, 0.3) is 0 Å². The first-order chi connectivity index (χ1) is 12.1. The van der Waals surface area contributed by atoms with Gasteiger partial charge in [-0.15, -0.1) is 0 Å². The van der Waals surface area contributed by atoms with Crippen LogP contribution in [0.2, 0.25) is 0 Å². The quantitative estimate of drug-likeness (QED) is 0.498. The Balaban J connectivity index is 0.00000134. The Morgan fingerprint density at radius 3 is 2.48 bits per heavy atom. The van der Waals surface area contributed by atoms with Crippen molar-refractivity contribution in [2.45, 2.75) is 6.92 Å². The Kier molecular flexibility index (Phi) is 9.81. The van der Waals surface area contributed by atoms with Crippen LogP contribution in [0.4, 0.5) is 5.69 Å². The molecule has 128 valence electrons. The maximum absolute atomic E-state index is 12.2. The highest BCUT2D eigenvalue weighted by Crippen LogP contribution is 2.19. The summed E-state index contributed by atoms with van der Waals surface area (Å²) in [6.07, 6.45) is 3.07. The highest BCUT2D eigenvalue weighted by Gasteiger charge is 2.10. The minimum atomic E-state index is -0.241. The van der Waals surface area contributed by atoms with E-state index in [1.165, 1.54) is 13.3 Å². The molecule has 3 N–H and O–H groups in total. The van der Waals surface area contributed by atoms with E-state index in [4.69, 9.17) is 21.1 Å². The molecule has 1 aromatic carbocycles. The zero-order chi connectivity index (χ0) is 19.2. The second-order valence-corrected chi connectivity index (χ2v) is 4.38. The van der Waals surface area contributed by atoms with E-state index in [9.17, 15) is 4.79 Å². The third-order valence-electron chi connectivity index (χ3n) is 2.88. The number of nitrogens with zero attached hydrogens (tertiary/aromatic N) is 4. The summed E-state index contributed by atoms with van der Waals surface area (Å²) in [6, 6.07) is 8.66. The second-order valence-electron chi connectivity index (χ2n) is 4.38. The number of methoxy groups -OCH3 is 1. The number of aromatic nitrogens is 1. The lowest BCUT2D eigenvalue weighted by Gasteiger charge is -2.08. The molecule has 0 atom stereocenters. The number of pyridine rings is 1. The minimum Gasteiger partial charge on any atom is -0.496 e. The number of hydrogen-bond acceptors (Lipinski definition) is 7. The van der Waals surface area contributed by atoms with E-state index in [0.717, 1.165) is 5.69 Å². The fourth-order valence-corrected chi connectivity index (χ4v) is 1.78. The summed E-state index contributed by atoms with van der Waals surface area (Å²) in [5.74, 6) is 5.41. The lowest BCUT2D eigenvalue weighted by molar-refractivity contribution is 0.102. The van der Waals surface area contributed by atoms with Gasteiger partial charge in [0.2, 0.25) is 0 Å². The lowest BCUT2D eigenvalue weighted by Crippen LogP contribution is -2.12. The molecule has 0 unspecified atom stereocenters. The number of nitrogens with one attached hydrogen (secondary N) is 1. The van der Waals surface area contributed by atoms with Gasteiger partial charge in [-0.2, -0.15) is 5.10 Å². The summed E-state index contributed by atoms with van der Waals surface area (Å²) in [7, 11) is 1.52. The van der Waals surface area contributed by atoms with Crippen molar-refractivity contribution in [1.82, 2.24) is 4.98 Å². The number of anilines is 1. The number of nitrogens with two attached hydrogens (primary N) is 1. The zero-order valence-corrected chi connectivity index (χ0v) is 13.9. The van der Waals surface area contributed by atoms with Crippen molar-refractivity contribution >= 4 is 17.8 Å². The van der Waals surface area contributed by atoms with Crippen LogP contribution in [0.1, 0.15) is 21.6 Å². The average Bonchev–Trinajstić information content (AvgIpc) is 2.67. The molecule has 0 fully saturated rings. The number of amides is 1. The van der Waals surface area contributed by atoms with Crippen LogP contribution < -0.4 is 15.9 Å². The van der Waals surface area contributed by atoms with E-state index in [-0.39, 0.29) is 5.91 Å². The Labute approximate surface area is 146 Å². The Bertz CT molecular complexity index is 745. The number of aryl methyl sites for hydroxylation is 1. The molecule has 1 aromatic heterocycles. The fraction of sp³-hybridized carbons (Fsp3) is 0.118. The first kappa shape index (κ1) is 21.1. The SMILES string of the molecule is C#N.C#N.COc1cc(C(=O)Nc2ccc(C)nc2)ccc1C=NN. The number of hydrazone groups is 1. The van der Waals surface area contributed by atoms with Gasteiger partial charge in [-0.25, -0.2) is 10.5 Å². The molecule has 1 amide bonds. The van der Waals surface area contributed by atoms with Gasteiger partial charge in [0.05, 0.1) is 25.2 Å². The number of benzene rings is 1. The number of rotatable bonds is 4. The molecule has 0 saturated carbocycles. The van der Waals surface area contributed by atoms with Gasteiger partial charge in [-0.1, -0.05) is 0 Å². The average molecular weight is 338 g/mol. The molecule has 2 aromatic rings. The Hall–Kier alpha value is -3.91. The largest absolute Gasteiger partial charge is 0.496 e. The molecule has 0 aliphatic carbocycles. The predicted octanol–water partition coefficient (Wildman–Crippen LogP) is 2.22. The number of ether oxygens (including phenoxy) is 1. The summed E-state index contributed by atoms with van der Waals surface area (Å²) in [5.41, 5.74) is 2.70. The van der Waals surface area contributed by atoms with Crippen molar-refractivity contribution in [3.05, 3.63) is 53.3 Å². The van der Waals surface area contributed by atoms with Crippen molar-refractivity contribution in [2.75, 3.05) is 12.4 Å². The molecule has 0 spiro atoms. The molecule has 0 saturated heterocycles. The maximum atomic E-state index is 12.2. The summed E-state index contributed by atoms with van der Waals surface area (Å²) in [5, 5.41) is 19.2. The van der Waals surface area contributed by atoms with Crippen molar-refractivity contribution in [3.63, 3.8) is 0 Å². The van der Waals surface area contributed by atoms with E-state index < -0.39 is 0 Å². The van der Waals surface area contributed by atoms with E-state index in [1.54, 1.807) is 30.5 Å². The monoisotopic (exact) mass is 338 g/mol. The first-order valence-corrected chi connectivity index (χ1v) is 6.81. The van der Waals surface area contributed by atoms with Crippen molar-refractivity contribution in [1.29, 1.82) is 10.5 Å². The topological polar surface area (TPSA) is 137 Å². The summed E-state index contributed by atoms with van der Waals surface area (Å²) >= 11 is 0. The Morgan fingerprint density at radius 1 is 1.28 bits per heavy atom. The van der Waals surface area contributed by atoms with Crippen LogP contribution >= 0.6 is 0 Å². The molecule has 2 rings (SSSR count). The van der Waals surface area contributed by atoms with Gasteiger partial charge in [0, 0.05) is 30.0 Å². The van der Waals surface area contributed by atoms with Crippen LogP contribution in [0.15, 0.2) is 41.6 Å². The van der Waals surface area contributed by atoms with Gasteiger partial charge in [0.25, 0.3) is 5.91 Å². The molecular weight excluding hydrogens is 320 g/mol. The second kappa shape index (κ2) is 11.6. The van der Waals surface area contributed by atoms with E-state index in [0.29, 0.717) is 22.6 Å².